The number of anilines is 2. The highest BCUT2D eigenvalue weighted by Crippen LogP contribution is 2.37. The lowest BCUT2D eigenvalue weighted by molar-refractivity contribution is -0.0622. The third-order valence-corrected chi connectivity index (χ3v) is 17.1. The maximum Gasteiger partial charge on any atom is 0.235 e. The molecule has 3 atom stereocenters. The van der Waals surface area contributed by atoms with Crippen LogP contribution in [0.2, 0.25) is 0 Å². The van der Waals surface area contributed by atoms with Gasteiger partial charge in [-0.25, -0.2) is 43.4 Å². The van der Waals surface area contributed by atoms with Crippen molar-refractivity contribution in [1.29, 1.82) is 0 Å². The second-order valence-corrected chi connectivity index (χ2v) is 25.1. The van der Waals surface area contributed by atoms with E-state index in [2.05, 4.69) is 44.9 Å². The number of sulfonamides is 2. The van der Waals surface area contributed by atoms with Crippen molar-refractivity contribution in [3.05, 3.63) is 194 Å². The number of ether oxygens (including phenoxy) is 2. The first-order valence-corrected chi connectivity index (χ1v) is 31.2. The van der Waals surface area contributed by atoms with Crippen LogP contribution < -0.4 is 14.8 Å². The summed E-state index contributed by atoms with van der Waals surface area (Å²) in [6.07, 6.45) is 16.3. The van der Waals surface area contributed by atoms with Gasteiger partial charge in [0.2, 0.25) is 20.0 Å². The molecule has 2 aliphatic heterocycles. The Kier molecular flexibility index (Phi) is 15.4. The van der Waals surface area contributed by atoms with Crippen molar-refractivity contribution >= 4 is 42.5 Å². The third kappa shape index (κ3) is 12.9. The number of hydrogen-bond donors (Lipinski definition) is 3. The molecule has 2 aliphatic rings. The number of morpholine rings is 2. The topological polar surface area (TPSA) is 222 Å². The van der Waals surface area contributed by atoms with Crippen LogP contribution in [0, 0.1) is 23.3 Å². The zero-order valence-corrected chi connectivity index (χ0v) is 48.0. The molecule has 0 radical (unpaired) electrons. The first-order chi connectivity index (χ1) is 42.0. The van der Waals surface area contributed by atoms with Crippen molar-refractivity contribution in [3.8, 4) is 67.0 Å². The van der Waals surface area contributed by atoms with Crippen LogP contribution in [0.4, 0.5) is 28.9 Å². The zero-order valence-electron chi connectivity index (χ0n) is 46.4. The summed E-state index contributed by atoms with van der Waals surface area (Å²) in [5, 5.41) is 22.0. The normalized spacial score (nSPS) is 16.9. The quantitative estimate of drug-likeness (QED) is 0.0684. The van der Waals surface area contributed by atoms with Gasteiger partial charge in [-0.3, -0.25) is 33.7 Å². The minimum atomic E-state index is -4.17. The van der Waals surface area contributed by atoms with Crippen LogP contribution in [0.15, 0.2) is 165 Å². The molecule has 20 nitrogen and oxygen atoms in total. The molecule has 26 heteroatoms. The summed E-state index contributed by atoms with van der Waals surface area (Å²) in [7, 11) is -7.91. The maximum absolute atomic E-state index is 15.5. The SMILES string of the molecule is CS(=O)(=O)Nc1cc(-c2ncc(F)cc2F)cc(-c2cnn3cc(-c4cnn(CC5COC(CS(=O)(=O)Nc6cc(-c7ncc(F)cc7F)cc(-c7cnn8cc(-c9cnn(CC%10COCCN%10)c9)ccc78)c6)CN5Cc5ccccc5)c4)ccc23)c1. The van der Waals surface area contributed by atoms with E-state index in [0.717, 1.165) is 59.1 Å². The summed E-state index contributed by atoms with van der Waals surface area (Å²) in [6.45, 7) is 3.97. The van der Waals surface area contributed by atoms with E-state index in [0.29, 0.717) is 72.2 Å². The molecule has 0 amide bonds. The van der Waals surface area contributed by atoms with E-state index in [1.54, 1.807) is 62.8 Å². The summed E-state index contributed by atoms with van der Waals surface area (Å²) < 4.78 is 136. The highest BCUT2D eigenvalue weighted by atomic mass is 32.2. The molecule has 3 N–H and O–H groups in total. The minimum Gasteiger partial charge on any atom is -0.378 e. The van der Waals surface area contributed by atoms with Crippen molar-refractivity contribution in [2.24, 2.45) is 0 Å². The van der Waals surface area contributed by atoms with Crippen LogP contribution in [-0.4, -0.2) is 134 Å². The van der Waals surface area contributed by atoms with Gasteiger partial charge < -0.3 is 14.8 Å². The Bertz CT molecular complexity index is 4610. The van der Waals surface area contributed by atoms with Crippen molar-refractivity contribution in [2.75, 3.05) is 54.4 Å². The van der Waals surface area contributed by atoms with Crippen LogP contribution in [0.25, 0.3) is 78.1 Å². The molecule has 3 aromatic carbocycles. The Hall–Kier alpha value is -9.18. The van der Waals surface area contributed by atoms with Gasteiger partial charge in [0.05, 0.1) is 111 Å². The molecule has 11 aromatic rings. The molecule has 0 aliphatic carbocycles. The van der Waals surface area contributed by atoms with E-state index < -0.39 is 55.2 Å². The predicted molar refractivity (Wildman–Crippen MR) is 319 cm³/mol. The average Bonchev–Trinajstić information content (AvgIpc) is 2.66. The highest BCUT2D eigenvalue weighted by Gasteiger charge is 2.33. The highest BCUT2D eigenvalue weighted by molar-refractivity contribution is 7.92. The second kappa shape index (κ2) is 23.6. The summed E-state index contributed by atoms with van der Waals surface area (Å²) in [4.78, 5) is 10.2. The molecule has 0 spiro atoms. The van der Waals surface area contributed by atoms with Gasteiger partial charge in [-0.2, -0.15) is 20.4 Å². The van der Waals surface area contributed by atoms with Crippen LogP contribution in [-0.2, 0) is 49.2 Å². The first-order valence-electron chi connectivity index (χ1n) is 27.6. The number of aromatic nitrogens is 10. The fraction of sp³-hybridized carbons (Fsp3) is 0.213. The molecule has 8 aromatic heterocycles. The number of nitrogens with one attached hydrogen (secondary N) is 3. The lowest BCUT2D eigenvalue weighted by Crippen LogP contribution is -2.52. The Labute approximate surface area is 496 Å². The number of halogens is 4. The van der Waals surface area contributed by atoms with E-state index in [1.165, 1.54) is 12.1 Å². The summed E-state index contributed by atoms with van der Waals surface area (Å²) in [5.41, 5.74) is 8.19. The Morgan fingerprint density at radius 1 is 0.586 bits per heavy atom. The van der Waals surface area contributed by atoms with Crippen molar-refractivity contribution in [1.82, 2.24) is 59.0 Å². The van der Waals surface area contributed by atoms with E-state index in [9.17, 15) is 30.0 Å². The molecule has 444 valence electrons. The number of benzene rings is 3. The summed E-state index contributed by atoms with van der Waals surface area (Å²) >= 11 is 0. The van der Waals surface area contributed by atoms with Gasteiger partial charge in [-0.05, 0) is 65.2 Å². The van der Waals surface area contributed by atoms with E-state index >= 15 is 4.39 Å². The maximum atomic E-state index is 15.5. The first kappa shape index (κ1) is 56.9. The molecule has 2 saturated heterocycles. The van der Waals surface area contributed by atoms with E-state index in [4.69, 9.17) is 14.6 Å². The predicted octanol–water partition coefficient (Wildman–Crippen LogP) is 8.79. The van der Waals surface area contributed by atoms with Gasteiger partial charge in [0.25, 0.3) is 0 Å². The van der Waals surface area contributed by atoms with Gasteiger partial charge in [0.15, 0.2) is 11.6 Å². The molecule has 2 fully saturated rings. The van der Waals surface area contributed by atoms with Crippen LogP contribution in [0.3, 0.4) is 0 Å². The molecule has 0 bridgehead atoms. The number of fused-ring (bicyclic) bond motifs is 2. The lowest BCUT2D eigenvalue weighted by atomic mass is 10.0. The number of hydrogen-bond acceptors (Lipinski definition) is 14. The number of nitrogens with zero attached hydrogens (tertiary/aromatic N) is 11. The largest absolute Gasteiger partial charge is 0.378 e. The van der Waals surface area contributed by atoms with E-state index in [-0.39, 0.29) is 59.1 Å². The molecule has 3 unspecified atom stereocenters. The molecule has 87 heavy (non-hydrogen) atoms. The van der Waals surface area contributed by atoms with Crippen molar-refractivity contribution in [2.45, 2.75) is 37.8 Å². The smallest absolute Gasteiger partial charge is 0.235 e. The molecular formula is C61H54F4N14O6S2. The number of pyridine rings is 4. The average molecular weight is 1220 g/mol. The second-order valence-electron chi connectivity index (χ2n) is 21.6. The van der Waals surface area contributed by atoms with Gasteiger partial charge >= 0.3 is 0 Å². The Balaban J connectivity index is 0.722. The Morgan fingerprint density at radius 3 is 1.70 bits per heavy atom. The molecule has 13 rings (SSSR count). The van der Waals surface area contributed by atoms with Crippen molar-refractivity contribution < 1.29 is 43.9 Å². The van der Waals surface area contributed by atoms with Gasteiger partial charge in [0.1, 0.15) is 23.0 Å². The Morgan fingerprint density at radius 2 is 1.15 bits per heavy atom. The third-order valence-electron chi connectivity index (χ3n) is 15.1. The number of rotatable bonds is 18. The van der Waals surface area contributed by atoms with Gasteiger partial charge in [-0.15, -0.1) is 0 Å². The summed E-state index contributed by atoms with van der Waals surface area (Å²) in [6, 6.07) is 28.1. The van der Waals surface area contributed by atoms with E-state index in [1.807, 2.05) is 84.1 Å². The monoisotopic (exact) mass is 1220 g/mol. The minimum absolute atomic E-state index is 0.118. The van der Waals surface area contributed by atoms with Crippen LogP contribution in [0.5, 0.6) is 0 Å². The van der Waals surface area contributed by atoms with Crippen molar-refractivity contribution in [3.63, 3.8) is 0 Å². The standard InChI is InChI=1S/C61H54F4N14O6S2/c1-86(80,81)73-49-15-41(13-43(17-49)60-56(64)19-47(62)23-67-60)54-25-71-79-31-40(8-10-58(54)79)46-22-70-77(29-46)33-52-36-85-53(34-75(52)27-38-5-3-2-4-6-38)37-87(82,83)74-50-16-42(14-44(18-50)61-57(65)20-48(63)24-68-61)55-26-72-78-30-39(7-9-59(55)78)45-21-69-76(28-45)32-51-35-84-12-11-66-51/h2-10,13-26,28-31,51-53,66,73-74H,11-12,27,32-37H2,1H3. The van der Waals surface area contributed by atoms with Gasteiger partial charge in [-0.1, -0.05) is 42.5 Å². The summed E-state index contributed by atoms with van der Waals surface area (Å²) in [5.74, 6) is -3.98. The van der Waals surface area contributed by atoms with Crippen LogP contribution in [0.1, 0.15) is 5.56 Å². The fourth-order valence-corrected chi connectivity index (χ4v) is 12.9. The molecule has 10 heterocycles. The van der Waals surface area contributed by atoms with Gasteiger partial charge in [0, 0.05) is 112 Å². The van der Waals surface area contributed by atoms with Crippen LogP contribution >= 0.6 is 0 Å². The zero-order chi connectivity index (χ0) is 60.0. The fourth-order valence-electron chi connectivity index (χ4n) is 11.1. The molecule has 0 saturated carbocycles. The molecular weight excluding hydrogens is 1160 g/mol. The lowest BCUT2D eigenvalue weighted by Gasteiger charge is -2.39.